The Hall–Kier alpha value is -0.770. The first-order valence-corrected chi connectivity index (χ1v) is 5.91. The van der Waals surface area contributed by atoms with Crippen LogP contribution in [0.15, 0.2) is 24.3 Å². The van der Waals surface area contributed by atoms with E-state index in [1.807, 2.05) is 13.8 Å². The third kappa shape index (κ3) is 7.21. The van der Waals surface area contributed by atoms with Crippen molar-refractivity contribution in [2.75, 3.05) is 13.6 Å². The average molecular weight is 249 g/mol. The van der Waals surface area contributed by atoms with E-state index < -0.39 is 12.7 Å². The Bertz CT molecular complexity index is 256. The van der Waals surface area contributed by atoms with Crippen molar-refractivity contribution < 1.29 is 13.2 Å². The second-order valence-corrected chi connectivity index (χ2v) is 4.16. The molecule has 0 aliphatic heterocycles. The van der Waals surface area contributed by atoms with Crippen LogP contribution in [0, 0.1) is 0 Å². The Morgan fingerprint density at radius 2 is 1.94 bits per heavy atom. The number of allylic oxidation sites excluding steroid dienone is 1. The van der Waals surface area contributed by atoms with Crippen LogP contribution in [0.3, 0.4) is 0 Å². The molecule has 0 spiro atoms. The minimum atomic E-state index is -4.16. The molecule has 4 heteroatoms. The molecule has 100 valence electrons. The van der Waals surface area contributed by atoms with E-state index >= 15 is 0 Å². The normalized spacial score (nSPS) is 15.1. The van der Waals surface area contributed by atoms with Crippen LogP contribution in [-0.2, 0) is 0 Å². The molecule has 0 bridgehead atoms. The van der Waals surface area contributed by atoms with Gasteiger partial charge >= 0.3 is 6.18 Å². The highest BCUT2D eigenvalue weighted by atomic mass is 19.4. The molecule has 0 aliphatic carbocycles. The highest BCUT2D eigenvalue weighted by Crippen LogP contribution is 2.20. The second kappa shape index (κ2) is 7.54. The smallest absolute Gasteiger partial charge is 0.291 e. The minimum Gasteiger partial charge on any atom is -0.291 e. The van der Waals surface area contributed by atoms with E-state index in [1.165, 1.54) is 17.5 Å². The number of alkyl halides is 3. The van der Waals surface area contributed by atoms with Gasteiger partial charge in [-0.2, -0.15) is 13.2 Å². The lowest BCUT2D eigenvalue weighted by molar-refractivity contribution is -0.145. The Morgan fingerprint density at radius 1 is 1.35 bits per heavy atom. The van der Waals surface area contributed by atoms with Crippen LogP contribution < -0.4 is 0 Å². The van der Waals surface area contributed by atoms with Gasteiger partial charge < -0.3 is 0 Å². The molecule has 1 nitrogen and oxygen atoms in total. The molecule has 0 amide bonds. The molecule has 0 saturated carbocycles. The van der Waals surface area contributed by atoms with Crippen LogP contribution in [0.2, 0.25) is 0 Å². The SMILES string of the molecule is C=C[C@H](C/C(=C/CC)CC)N(C)CC(F)(F)F. The van der Waals surface area contributed by atoms with E-state index in [9.17, 15) is 13.2 Å². The van der Waals surface area contributed by atoms with Gasteiger partial charge in [0.25, 0.3) is 0 Å². The summed E-state index contributed by atoms with van der Waals surface area (Å²) >= 11 is 0. The Kier molecular flexibility index (Phi) is 7.19. The molecule has 17 heavy (non-hydrogen) atoms. The van der Waals surface area contributed by atoms with Gasteiger partial charge in [0.15, 0.2) is 0 Å². The molecule has 0 heterocycles. The van der Waals surface area contributed by atoms with E-state index in [1.54, 1.807) is 6.08 Å². The summed E-state index contributed by atoms with van der Waals surface area (Å²) in [5, 5.41) is 0. The quantitative estimate of drug-likeness (QED) is 0.612. The van der Waals surface area contributed by atoms with Crippen molar-refractivity contribution in [3.8, 4) is 0 Å². The monoisotopic (exact) mass is 249 g/mol. The van der Waals surface area contributed by atoms with Crippen molar-refractivity contribution in [1.29, 1.82) is 0 Å². The molecule has 0 N–H and O–H groups in total. The summed E-state index contributed by atoms with van der Waals surface area (Å²) in [4.78, 5) is 1.30. The van der Waals surface area contributed by atoms with Crippen LogP contribution >= 0.6 is 0 Å². The maximum atomic E-state index is 12.3. The number of nitrogens with zero attached hydrogens (tertiary/aromatic N) is 1. The summed E-state index contributed by atoms with van der Waals surface area (Å²) in [5.74, 6) is 0. The molecular weight excluding hydrogens is 227 g/mol. The van der Waals surface area contributed by atoms with E-state index in [0.717, 1.165) is 12.8 Å². The molecule has 0 rings (SSSR count). The molecule has 0 aromatic carbocycles. The highest BCUT2D eigenvalue weighted by molar-refractivity contribution is 5.07. The maximum absolute atomic E-state index is 12.3. The van der Waals surface area contributed by atoms with Gasteiger partial charge in [0.2, 0.25) is 0 Å². The van der Waals surface area contributed by atoms with Crippen LogP contribution in [0.25, 0.3) is 0 Å². The predicted octanol–water partition coefficient (Wildman–Crippen LogP) is 4.17. The fraction of sp³-hybridized carbons (Fsp3) is 0.692. The number of hydrogen-bond donors (Lipinski definition) is 0. The van der Waals surface area contributed by atoms with Gasteiger partial charge in [0, 0.05) is 6.04 Å². The van der Waals surface area contributed by atoms with Crippen molar-refractivity contribution in [3.63, 3.8) is 0 Å². The van der Waals surface area contributed by atoms with E-state index in [2.05, 4.69) is 12.7 Å². The third-order valence-electron chi connectivity index (χ3n) is 2.69. The van der Waals surface area contributed by atoms with Crippen LogP contribution in [-0.4, -0.2) is 30.7 Å². The number of halogens is 3. The summed E-state index contributed by atoms with van der Waals surface area (Å²) < 4.78 is 36.8. The summed E-state index contributed by atoms with van der Waals surface area (Å²) in [5.41, 5.74) is 1.19. The van der Waals surface area contributed by atoms with Crippen LogP contribution in [0.4, 0.5) is 13.2 Å². The zero-order valence-corrected chi connectivity index (χ0v) is 10.8. The first-order chi connectivity index (χ1) is 7.84. The average Bonchev–Trinajstić information content (AvgIpc) is 2.21. The molecular formula is C13H22F3N. The van der Waals surface area contributed by atoms with Gasteiger partial charge in [-0.25, -0.2) is 0 Å². The fourth-order valence-corrected chi connectivity index (χ4v) is 1.75. The van der Waals surface area contributed by atoms with Crippen molar-refractivity contribution in [3.05, 3.63) is 24.3 Å². The lowest BCUT2D eigenvalue weighted by Gasteiger charge is -2.27. The summed E-state index contributed by atoms with van der Waals surface area (Å²) in [6.45, 7) is 6.77. The van der Waals surface area contributed by atoms with Gasteiger partial charge in [0.05, 0.1) is 6.54 Å². The van der Waals surface area contributed by atoms with Crippen molar-refractivity contribution >= 4 is 0 Å². The molecule has 0 saturated heterocycles. The molecule has 0 fully saturated rings. The van der Waals surface area contributed by atoms with E-state index in [-0.39, 0.29) is 6.04 Å². The molecule has 1 atom stereocenters. The van der Waals surface area contributed by atoms with Crippen molar-refractivity contribution in [2.45, 2.75) is 45.3 Å². The first-order valence-electron chi connectivity index (χ1n) is 5.91. The van der Waals surface area contributed by atoms with Crippen molar-refractivity contribution in [2.24, 2.45) is 0 Å². The zero-order valence-electron chi connectivity index (χ0n) is 10.8. The molecule has 0 unspecified atom stereocenters. The van der Waals surface area contributed by atoms with Gasteiger partial charge in [0.1, 0.15) is 0 Å². The van der Waals surface area contributed by atoms with Gasteiger partial charge in [-0.15, -0.1) is 6.58 Å². The Morgan fingerprint density at radius 3 is 2.29 bits per heavy atom. The van der Waals surface area contributed by atoms with Crippen LogP contribution in [0.5, 0.6) is 0 Å². The lowest BCUT2D eigenvalue weighted by Crippen LogP contribution is -2.38. The van der Waals surface area contributed by atoms with Crippen LogP contribution in [0.1, 0.15) is 33.1 Å². The van der Waals surface area contributed by atoms with Crippen molar-refractivity contribution in [1.82, 2.24) is 4.90 Å². The van der Waals surface area contributed by atoms with E-state index in [4.69, 9.17) is 0 Å². The molecule has 0 aromatic rings. The second-order valence-electron chi connectivity index (χ2n) is 4.16. The Labute approximate surface area is 102 Å². The lowest BCUT2D eigenvalue weighted by atomic mass is 10.0. The van der Waals surface area contributed by atoms with E-state index in [0.29, 0.717) is 6.42 Å². The minimum absolute atomic E-state index is 0.255. The summed E-state index contributed by atoms with van der Waals surface area (Å²) in [6, 6.07) is -0.255. The predicted molar refractivity (Wildman–Crippen MR) is 66.0 cm³/mol. The number of hydrogen-bond acceptors (Lipinski definition) is 1. The zero-order chi connectivity index (χ0) is 13.5. The van der Waals surface area contributed by atoms with Gasteiger partial charge in [-0.05, 0) is 26.3 Å². The highest BCUT2D eigenvalue weighted by Gasteiger charge is 2.31. The first kappa shape index (κ1) is 16.2. The largest absolute Gasteiger partial charge is 0.401 e. The molecule has 0 radical (unpaired) electrons. The Balaban J connectivity index is 4.51. The number of rotatable bonds is 7. The summed E-state index contributed by atoms with van der Waals surface area (Å²) in [6.07, 6.45) is 1.92. The van der Waals surface area contributed by atoms with Gasteiger partial charge in [-0.3, -0.25) is 4.90 Å². The topological polar surface area (TPSA) is 3.24 Å². The molecule has 0 aliphatic rings. The van der Waals surface area contributed by atoms with Gasteiger partial charge in [-0.1, -0.05) is 31.6 Å². The maximum Gasteiger partial charge on any atom is 0.401 e. The fourth-order valence-electron chi connectivity index (χ4n) is 1.75. The standard InChI is InChI=1S/C13H22F3N/c1-5-8-11(6-2)9-12(7-3)17(4)10-13(14,15)16/h7-8,12H,3,5-6,9-10H2,1-2,4H3/b11-8+/t12-/m1/s1. The number of likely N-dealkylation sites (N-methyl/N-ethyl adjacent to an activating group) is 1. The summed E-state index contributed by atoms with van der Waals surface area (Å²) in [7, 11) is 1.49. The third-order valence-corrected chi connectivity index (χ3v) is 2.69. The molecule has 0 aromatic heterocycles.